The first-order valence-corrected chi connectivity index (χ1v) is 7.02. The third kappa shape index (κ3) is 2.50. The first-order chi connectivity index (χ1) is 10.6. The summed E-state index contributed by atoms with van der Waals surface area (Å²) in [6.07, 6.45) is 0.721. The van der Waals surface area contributed by atoms with Gasteiger partial charge in [0.15, 0.2) is 11.5 Å². The Bertz CT molecular complexity index is 696. The van der Waals surface area contributed by atoms with Crippen LogP contribution in [0.3, 0.4) is 0 Å². The van der Waals surface area contributed by atoms with Gasteiger partial charge in [0, 0.05) is 23.6 Å². The van der Waals surface area contributed by atoms with E-state index in [2.05, 4.69) is 0 Å². The molecule has 0 saturated carbocycles. The van der Waals surface area contributed by atoms with E-state index in [0.717, 1.165) is 17.5 Å². The van der Waals surface area contributed by atoms with E-state index in [1.54, 1.807) is 31.4 Å². The highest BCUT2D eigenvalue weighted by molar-refractivity contribution is 5.52. The molecule has 2 aromatic carbocycles. The van der Waals surface area contributed by atoms with Crippen LogP contribution in [0.1, 0.15) is 17.0 Å². The number of benzene rings is 2. The molecule has 22 heavy (non-hydrogen) atoms. The van der Waals surface area contributed by atoms with Gasteiger partial charge in [-0.05, 0) is 24.1 Å². The quantitative estimate of drug-likeness (QED) is 0.912. The summed E-state index contributed by atoms with van der Waals surface area (Å²) in [4.78, 5) is 0. The van der Waals surface area contributed by atoms with Crippen LogP contribution in [0.25, 0.3) is 0 Å². The van der Waals surface area contributed by atoms with Crippen molar-refractivity contribution in [2.24, 2.45) is 0 Å². The fourth-order valence-corrected chi connectivity index (χ4v) is 2.77. The second-order valence-electron chi connectivity index (χ2n) is 5.27. The summed E-state index contributed by atoms with van der Waals surface area (Å²) in [6.45, 7) is 0.430. The molecule has 1 heterocycles. The lowest BCUT2D eigenvalue weighted by Gasteiger charge is -2.26. The highest BCUT2D eigenvalue weighted by Gasteiger charge is 2.25. The van der Waals surface area contributed by atoms with Crippen LogP contribution < -0.4 is 14.2 Å². The Labute approximate surface area is 128 Å². The molecule has 0 unspecified atom stereocenters. The Morgan fingerprint density at radius 1 is 1.05 bits per heavy atom. The van der Waals surface area contributed by atoms with Crippen molar-refractivity contribution in [2.45, 2.75) is 12.3 Å². The molecular formula is C17H18O5. The normalized spacial score (nSPS) is 16.5. The number of rotatable bonds is 3. The Hall–Kier alpha value is -2.56. The zero-order chi connectivity index (χ0) is 15.7. The third-order valence-corrected chi connectivity index (χ3v) is 3.93. The molecule has 5 nitrogen and oxygen atoms in total. The highest BCUT2D eigenvalue weighted by Crippen LogP contribution is 2.41. The summed E-state index contributed by atoms with van der Waals surface area (Å²) < 4.78 is 16.2. The van der Waals surface area contributed by atoms with Crippen molar-refractivity contribution in [3.8, 4) is 28.7 Å². The first-order valence-electron chi connectivity index (χ1n) is 7.02. The van der Waals surface area contributed by atoms with Gasteiger partial charge >= 0.3 is 0 Å². The maximum Gasteiger partial charge on any atom is 0.164 e. The molecule has 0 amide bonds. The van der Waals surface area contributed by atoms with Crippen molar-refractivity contribution in [1.29, 1.82) is 0 Å². The molecule has 3 rings (SSSR count). The second-order valence-corrected chi connectivity index (χ2v) is 5.27. The number of methoxy groups -OCH3 is 2. The van der Waals surface area contributed by atoms with E-state index in [-0.39, 0.29) is 17.4 Å². The summed E-state index contributed by atoms with van der Waals surface area (Å²) in [5.74, 6) is 2.12. The average Bonchev–Trinajstić information content (AvgIpc) is 2.54. The van der Waals surface area contributed by atoms with Crippen LogP contribution in [0, 0.1) is 0 Å². The Morgan fingerprint density at radius 2 is 1.77 bits per heavy atom. The molecule has 0 spiro atoms. The van der Waals surface area contributed by atoms with Gasteiger partial charge in [0.1, 0.15) is 17.2 Å². The van der Waals surface area contributed by atoms with E-state index < -0.39 is 0 Å². The molecule has 2 N–H and O–H groups in total. The highest BCUT2D eigenvalue weighted by atomic mass is 16.5. The Kier molecular flexibility index (Phi) is 3.71. The van der Waals surface area contributed by atoms with Crippen molar-refractivity contribution in [2.75, 3.05) is 20.8 Å². The maximum atomic E-state index is 10.3. The van der Waals surface area contributed by atoms with E-state index >= 15 is 0 Å². The number of aromatic hydroxyl groups is 2. The van der Waals surface area contributed by atoms with Gasteiger partial charge in [-0.2, -0.15) is 0 Å². The van der Waals surface area contributed by atoms with E-state index in [4.69, 9.17) is 14.2 Å². The van der Waals surface area contributed by atoms with Crippen LogP contribution in [0.2, 0.25) is 0 Å². The topological polar surface area (TPSA) is 68.2 Å². The van der Waals surface area contributed by atoms with Crippen molar-refractivity contribution < 1.29 is 24.4 Å². The number of phenols is 2. The van der Waals surface area contributed by atoms with Gasteiger partial charge in [-0.1, -0.05) is 6.07 Å². The van der Waals surface area contributed by atoms with Gasteiger partial charge in [0.05, 0.1) is 20.8 Å². The van der Waals surface area contributed by atoms with Gasteiger partial charge in [-0.25, -0.2) is 0 Å². The molecule has 0 aliphatic carbocycles. The predicted octanol–water partition coefficient (Wildman–Crippen LogP) is 2.83. The Balaban J connectivity index is 1.94. The average molecular weight is 302 g/mol. The lowest BCUT2D eigenvalue weighted by molar-refractivity contribution is 0.257. The van der Waals surface area contributed by atoms with Crippen molar-refractivity contribution in [3.63, 3.8) is 0 Å². The number of fused-ring (bicyclic) bond motifs is 1. The molecule has 1 atom stereocenters. The van der Waals surface area contributed by atoms with Gasteiger partial charge in [0.25, 0.3) is 0 Å². The zero-order valence-corrected chi connectivity index (χ0v) is 12.5. The van der Waals surface area contributed by atoms with Crippen LogP contribution in [0.5, 0.6) is 28.7 Å². The molecule has 0 fully saturated rings. The monoisotopic (exact) mass is 302 g/mol. The minimum Gasteiger partial charge on any atom is -0.508 e. The van der Waals surface area contributed by atoms with E-state index in [9.17, 15) is 10.2 Å². The van der Waals surface area contributed by atoms with Crippen LogP contribution in [-0.2, 0) is 6.42 Å². The van der Waals surface area contributed by atoms with E-state index in [1.165, 1.54) is 7.11 Å². The van der Waals surface area contributed by atoms with E-state index in [0.29, 0.717) is 23.9 Å². The summed E-state index contributed by atoms with van der Waals surface area (Å²) in [5, 5.41) is 19.7. The molecule has 5 heteroatoms. The first kappa shape index (κ1) is 14.4. The molecular weight excluding hydrogens is 284 g/mol. The summed E-state index contributed by atoms with van der Waals surface area (Å²) in [7, 11) is 3.09. The van der Waals surface area contributed by atoms with Gasteiger partial charge in [-0.3, -0.25) is 0 Å². The third-order valence-electron chi connectivity index (χ3n) is 3.93. The smallest absolute Gasteiger partial charge is 0.164 e. The lowest BCUT2D eigenvalue weighted by atomic mass is 9.89. The zero-order valence-electron chi connectivity index (χ0n) is 12.5. The molecule has 0 bridgehead atoms. The number of hydrogen-bond acceptors (Lipinski definition) is 5. The Morgan fingerprint density at radius 3 is 2.50 bits per heavy atom. The van der Waals surface area contributed by atoms with Crippen molar-refractivity contribution >= 4 is 0 Å². The second kappa shape index (κ2) is 5.67. The van der Waals surface area contributed by atoms with Crippen LogP contribution in [0.4, 0.5) is 0 Å². The SMILES string of the molecule is COc1cc(O)c([C@H]2COc3cc(O)ccc3C2)cc1OC. The summed E-state index contributed by atoms with van der Waals surface area (Å²) >= 11 is 0. The largest absolute Gasteiger partial charge is 0.508 e. The molecule has 1 aliphatic rings. The summed E-state index contributed by atoms with van der Waals surface area (Å²) in [5.41, 5.74) is 1.76. The van der Waals surface area contributed by atoms with Crippen molar-refractivity contribution in [1.82, 2.24) is 0 Å². The number of phenolic OH excluding ortho intramolecular Hbond substituents is 2. The molecule has 2 aromatic rings. The number of ether oxygens (including phenoxy) is 3. The minimum atomic E-state index is 0.0110. The summed E-state index contributed by atoms with van der Waals surface area (Å²) in [6, 6.07) is 8.43. The molecule has 0 aromatic heterocycles. The van der Waals surface area contributed by atoms with Gasteiger partial charge < -0.3 is 24.4 Å². The minimum absolute atomic E-state index is 0.0110. The van der Waals surface area contributed by atoms with Crippen LogP contribution in [-0.4, -0.2) is 31.0 Å². The van der Waals surface area contributed by atoms with E-state index in [1.807, 2.05) is 6.07 Å². The molecule has 1 aliphatic heterocycles. The molecule has 0 saturated heterocycles. The lowest BCUT2D eigenvalue weighted by Crippen LogP contribution is -2.19. The van der Waals surface area contributed by atoms with Crippen molar-refractivity contribution in [3.05, 3.63) is 41.5 Å². The predicted molar refractivity (Wildman–Crippen MR) is 81.3 cm³/mol. The van der Waals surface area contributed by atoms with Crippen LogP contribution in [0.15, 0.2) is 30.3 Å². The standard InChI is InChI=1S/C17H18O5/c1-20-16-7-13(14(19)8-17(16)21-2)11-5-10-3-4-12(18)6-15(10)22-9-11/h3-4,6-8,11,18-19H,5,9H2,1-2H3/t11-/m1/s1. The maximum absolute atomic E-state index is 10.3. The number of hydrogen-bond donors (Lipinski definition) is 2. The molecule has 116 valence electrons. The fraction of sp³-hybridized carbons (Fsp3) is 0.294. The van der Waals surface area contributed by atoms with Crippen LogP contribution >= 0.6 is 0 Å². The van der Waals surface area contributed by atoms with Gasteiger partial charge in [-0.15, -0.1) is 0 Å². The molecule has 0 radical (unpaired) electrons. The van der Waals surface area contributed by atoms with Gasteiger partial charge in [0.2, 0.25) is 0 Å². The fourth-order valence-electron chi connectivity index (χ4n) is 2.77.